The van der Waals surface area contributed by atoms with E-state index in [1.807, 2.05) is 0 Å². The number of fused-ring (bicyclic) bond motifs is 2. The zero-order chi connectivity index (χ0) is 26.1. The van der Waals surface area contributed by atoms with Crippen LogP contribution in [0.1, 0.15) is 26.5 Å². The van der Waals surface area contributed by atoms with E-state index in [9.17, 15) is 29.8 Å². The number of carbonyl (C=O) groups is 2. The average molecular weight is 498 g/mol. The first-order valence-electron chi connectivity index (χ1n) is 11.0. The first-order chi connectivity index (χ1) is 17.8. The van der Waals surface area contributed by atoms with Crippen molar-refractivity contribution in [1.82, 2.24) is 15.3 Å². The van der Waals surface area contributed by atoms with Crippen LogP contribution in [0.3, 0.4) is 0 Å². The zero-order valence-corrected chi connectivity index (χ0v) is 19.0. The number of rotatable bonds is 7. The van der Waals surface area contributed by atoms with Gasteiger partial charge in [0.1, 0.15) is 22.4 Å². The molecule has 184 valence electrons. The number of hydrogen-bond acceptors (Lipinski definition) is 6. The Hall–Kier alpha value is -5.52. The topological polar surface area (TPSA) is 176 Å². The van der Waals surface area contributed by atoms with Crippen molar-refractivity contribution < 1.29 is 19.4 Å². The SMILES string of the molecule is O=C(NCc1cccc(NC(=O)c2cc3cccc([N+](=O)[O-])c3[nH]2)c1)c1cc2cccc([N+](=O)[O-])c2[nH]1. The molecule has 3 aromatic carbocycles. The Balaban J connectivity index is 1.28. The van der Waals surface area contributed by atoms with Crippen molar-refractivity contribution in [3.63, 3.8) is 0 Å². The predicted octanol–water partition coefficient (Wildman–Crippen LogP) is 4.65. The van der Waals surface area contributed by atoms with E-state index < -0.39 is 21.7 Å². The number of amides is 2. The number of H-pyrrole nitrogens is 2. The number of benzene rings is 3. The van der Waals surface area contributed by atoms with Crippen LogP contribution in [0.2, 0.25) is 0 Å². The molecule has 12 heteroatoms. The molecule has 0 saturated carbocycles. The molecule has 0 spiro atoms. The summed E-state index contributed by atoms with van der Waals surface area (Å²) in [7, 11) is 0. The fraction of sp³-hybridized carbons (Fsp3) is 0.0400. The molecule has 0 radical (unpaired) electrons. The number of anilines is 1. The third-order valence-corrected chi connectivity index (χ3v) is 5.79. The molecule has 0 aliphatic heterocycles. The van der Waals surface area contributed by atoms with Gasteiger partial charge in [0.05, 0.1) is 9.85 Å². The van der Waals surface area contributed by atoms with Crippen LogP contribution in [0, 0.1) is 20.2 Å². The van der Waals surface area contributed by atoms with Crippen molar-refractivity contribution in [3.8, 4) is 0 Å². The van der Waals surface area contributed by atoms with Crippen molar-refractivity contribution in [3.05, 3.63) is 110 Å². The minimum absolute atomic E-state index is 0.121. The lowest BCUT2D eigenvalue weighted by Gasteiger charge is -2.08. The molecule has 2 amide bonds. The maximum atomic E-state index is 12.8. The van der Waals surface area contributed by atoms with Gasteiger partial charge in [-0.05, 0) is 29.8 Å². The highest BCUT2D eigenvalue weighted by Crippen LogP contribution is 2.27. The molecule has 5 rings (SSSR count). The van der Waals surface area contributed by atoms with E-state index in [0.717, 1.165) is 0 Å². The number of hydrogen-bond donors (Lipinski definition) is 4. The highest BCUT2D eigenvalue weighted by molar-refractivity contribution is 6.07. The standard InChI is InChI=1S/C25H18N6O6/c32-24(18-11-15-5-2-8-20(30(34)35)22(15)28-18)26-13-14-4-1-7-17(10-14)27-25(33)19-12-16-6-3-9-21(31(36)37)23(16)29-19/h1-12,28-29H,13H2,(H,26,32)(H,27,33). The Morgan fingerprint density at radius 1 is 0.730 bits per heavy atom. The van der Waals surface area contributed by atoms with Crippen molar-refractivity contribution >= 4 is 50.7 Å². The molecule has 0 saturated heterocycles. The van der Waals surface area contributed by atoms with Crippen molar-refractivity contribution in [1.29, 1.82) is 0 Å². The minimum Gasteiger partial charge on any atom is -0.347 e. The molecule has 0 atom stereocenters. The quantitative estimate of drug-likeness (QED) is 0.187. The maximum Gasteiger partial charge on any atom is 0.293 e. The summed E-state index contributed by atoms with van der Waals surface area (Å²) in [6.45, 7) is 0.137. The van der Waals surface area contributed by atoms with Crippen LogP contribution in [-0.2, 0) is 6.54 Å². The van der Waals surface area contributed by atoms with Gasteiger partial charge >= 0.3 is 0 Å². The van der Waals surface area contributed by atoms with Gasteiger partial charge in [-0.1, -0.05) is 36.4 Å². The minimum atomic E-state index is -0.518. The van der Waals surface area contributed by atoms with E-state index in [1.54, 1.807) is 54.6 Å². The lowest BCUT2D eigenvalue weighted by atomic mass is 10.2. The monoisotopic (exact) mass is 498 g/mol. The number of aromatic amines is 2. The molecule has 2 heterocycles. The number of para-hydroxylation sites is 2. The van der Waals surface area contributed by atoms with Crippen molar-refractivity contribution in [2.45, 2.75) is 6.54 Å². The van der Waals surface area contributed by atoms with E-state index >= 15 is 0 Å². The molecule has 0 unspecified atom stereocenters. The van der Waals surface area contributed by atoms with E-state index in [1.165, 1.54) is 18.2 Å². The van der Waals surface area contributed by atoms with Crippen LogP contribution >= 0.6 is 0 Å². The highest BCUT2D eigenvalue weighted by Gasteiger charge is 2.18. The van der Waals surface area contributed by atoms with Crippen LogP contribution in [0.5, 0.6) is 0 Å². The number of nitrogens with zero attached hydrogens (tertiary/aromatic N) is 2. The lowest BCUT2D eigenvalue weighted by molar-refractivity contribution is -0.383. The molecular weight excluding hydrogens is 480 g/mol. The Bertz CT molecular complexity index is 1720. The number of non-ortho nitro benzene ring substituents is 2. The van der Waals surface area contributed by atoms with E-state index in [2.05, 4.69) is 20.6 Å². The second kappa shape index (κ2) is 9.26. The van der Waals surface area contributed by atoms with Gasteiger partial charge < -0.3 is 20.6 Å². The van der Waals surface area contributed by atoms with E-state index in [-0.39, 0.29) is 40.3 Å². The van der Waals surface area contributed by atoms with Crippen molar-refractivity contribution in [2.75, 3.05) is 5.32 Å². The van der Waals surface area contributed by atoms with E-state index in [4.69, 9.17) is 0 Å². The predicted molar refractivity (Wildman–Crippen MR) is 135 cm³/mol. The van der Waals surface area contributed by atoms with Gasteiger partial charge in [0, 0.05) is 35.1 Å². The van der Waals surface area contributed by atoms with Gasteiger partial charge in [0.15, 0.2) is 0 Å². The molecule has 2 aromatic heterocycles. The maximum absolute atomic E-state index is 12.8. The van der Waals surface area contributed by atoms with E-state index in [0.29, 0.717) is 22.0 Å². The zero-order valence-electron chi connectivity index (χ0n) is 19.0. The Kier molecular flexibility index (Phi) is 5.82. The Morgan fingerprint density at radius 2 is 1.27 bits per heavy atom. The molecule has 0 fully saturated rings. The summed E-state index contributed by atoms with van der Waals surface area (Å²) in [4.78, 5) is 52.4. The molecule has 0 aliphatic rings. The average Bonchev–Trinajstić information content (AvgIpc) is 3.51. The summed E-state index contributed by atoms with van der Waals surface area (Å²) >= 11 is 0. The normalized spacial score (nSPS) is 10.9. The fourth-order valence-electron chi connectivity index (χ4n) is 4.06. The van der Waals surface area contributed by atoms with Crippen LogP contribution in [0.15, 0.2) is 72.8 Å². The van der Waals surface area contributed by atoms with Crippen LogP contribution in [0.4, 0.5) is 17.1 Å². The number of aromatic nitrogens is 2. The summed E-state index contributed by atoms with van der Waals surface area (Å²) in [5.74, 6) is -0.925. The summed E-state index contributed by atoms with van der Waals surface area (Å²) in [6, 6.07) is 19.1. The Labute approximate surface area is 207 Å². The van der Waals surface area contributed by atoms with Gasteiger partial charge in [0.25, 0.3) is 23.2 Å². The summed E-state index contributed by atoms with van der Waals surface area (Å²) in [5, 5.41) is 29.0. The largest absolute Gasteiger partial charge is 0.347 e. The van der Waals surface area contributed by atoms with Crippen LogP contribution in [-0.4, -0.2) is 31.6 Å². The second-order valence-electron chi connectivity index (χ2n) is 8.20. The molecule has 0 aliphatic carbocycles. The third-order valence-electron chi connectivity index (χ3n) is 5.79. The highest BCUT2D eigenvalue weighted by atomic mass is 16.6. The first kappa shape index (κ1) is 23.2. The van der Waals surface area contributed by atoms with Gasteiger partial charge in [-0.2, -0.15) is 0 Å². The summed E-state index contributed by atoms with van der Waals surface area (Å²) in [6.07, 6.45) is 0. The van der Waals surface area contributed by atoms with Gasteiger partial charge in [-0.3, -0.25) is 29.8 Å². The lowest BCUT2D eigenvalue weighted by Crippen LogP contribution is -2.23. The number of nitro groups is 2. The molecule has 5 aromatic rings. The number of nitro benzene ring substituents is 2. The second-order valence-corrected chi connectivity index (χ2v) is 8.20. The number of nitrogens with one attached hydrogen (secondary N) is 4. The molecule has 4 N–H and O–H groups in total. The molecule has 37 heavy (non-hydrogen) atoms. The molecule has 0 bridgehead atoms. The smallest absolute Gasteiger partial charge is 0.293 e. The van der Waals surface area contributed by atoms with Crippen LogP contribution < -0.4 is 10.6 Å². The van der Waals surface area contributed by atoms with Gasteiger partial charge in [-0.15, -0.1) is 0 Å². The fourth-order valence-corrected chi connectivity index (χ4v) is 4.06. The third kappa shape index (κ3) is 4.58. The molecule has 12 nitrogen and oxygen atoms in total. The molecular formula is C25H18N6O6. The van der Waals surface area contributed by atoms with Gasteiger partial charge in [-0.25, -0.2) is 0 Å². The Morgan fingerprint density at radius 3 is 1.84 bits per heavy atom. The summed E-state index contributed by atoms with van der Waals surface area (Å²) < 4.78 is 0. The summed E-state index contributed by atoms with van der Waals surface area (Å²) in [5.41, 5.74) is 1.79. The first-order valence-corrected chi connectivity index (χ1v) is 11.0. The van der Waals surface area contributed by atoms with Crippen molar-refractivity contribution in [2.24, 2.45) is 0 Å². The number of carbonyl (C=O) groups excluding carboxylic acids is 2. The van der Waals surface area contributed by atoms with Gasteiger partial charge in [0.2, 0.25) is 0 Å². The van der Waals surface area contributed by atoms with Crippen LogP contribution in [0.25, 0.3) is 21.8 Å².